The van der Waals surface area contributed by atoms with E-state index < -0.39 is 0 Å². The molecule has 4 fully saturated rings. The van der Waals surface area contributed by atoms with Crippen molar-refractivity contribution in [2.75, 3.05) is 116 Å². The van der Waals surface area contributed by atoms with Gasteiger partial charge >= 0.3 is 5.56 Å². The summed E-state index contributed by atoms with van der Waals surface area (Å²) in [5.41, 5.74) is 1.82. The predicted octanol–water partition coefficient (Wildman–Crippen LogP) is 2.95. The number of hydrogen-bond acceptors (Lipinski definition) is 18. The minimum Gasteiger partial charge on any atom is -0.354 e. The highest BCUT2D eigenvalue weighted by Crippen LogP contribution is 2.29. The molecule has 0 saturated carbocycles. The molecule has 4 aliphatic heterocycles. The first-order valence-corrected chi connectivity index (χ1v) is 23.2. The minimum absolute atomic E-state index is 0.290. The van der Waals surface area contributed by atoms with E-state index in [9.17, 15) is 14.9 Å². The van der Waals surface area contributed by atoms with Crippen molar-refractivity contribution >= 4 is 68.3 Å². The van der Waals surface area contributed by atoms with Gasteiger partial charge in [-0.3, -0.25) is 9.59 Å². The average Bonchev–Trinajstić information content (AvgIpc) is 3.63. The van der Waals surface area contributed by atoms with E-state index in [1.54, 1.807) is 23.3 Å². The molecular formula is C45H56N19O2+. The normalized spacial score (nSPS) is 18.1. The molecule has 21 heteroatoms. The van der Waals surface area contributed by atoms with Crippen molar-refractivity contribution in [2.45, 2.75) is 51.6 Å². The van der Waals surface area contributed by atoms with E-state index >= 15 is 0 Å². The van der Waals surface area contributed by atoms with Gasteiger partial charge in [-0.1, -0.05) is 17.5 Å². The molecule has 21 nitrogen and oxygen atoms in total. The number of piperazine rings is 2. The Kier molecular flexibility index (Phi) is 12.5. The zero-order chi connectivity index (χ0) is 45.0. The lowest BCUT2D eigenvalue weighted by Gasteiger charge is -2.33. The number of aromatic amines is 2. The van der Waals surface area contributed by atoms with Crippen molar-refractivity contribution in [3.05, 3.63) is 69.8 Å². The van der Waals surface area contributed by atoms with E-state index in [-0.39, 0.29) is 11.1 Å². The molecule has 0 aromatic carbocycles. The van der Waals surface area contributed by atoms with Gasteiger partial charge in [0.1, 0.15) is 45.1 Å². The minimum atomic E-state index is -0.356. The zero-order valence-corrected chi connectivity index (χ0v) is 37.4. The zero-order valence-electron chi connectivity index (χ0n) is 37.4. The van der Waals surface area contributed by atoms with Crippen LogP contribution in [0.3, 0.4) is 0 Å². The maximum atomic E-state index is 14.0. The number of rotatable bonds is 11. The molecule has 0 amide bonds. The van der Waals surface area contributed by atoms with Crippen molar-refractivity contribution < 1.29 is 4.68 Å². The molecule has 10 rings (SSSR count). The highest BCUT2D eigenvalue weighted by atomic mass is 16.1. The number of fused-ring (bicyclic) bond motifs is 2. The molecule has 66 heavy (non-hydrogen) atoms. The lowest BCUT2D eigenvalue weighted by Crippen LogP contribution is -2.55. The summed E-state index contributed by atoms with van der Waals surface area (Å²) in [4.78, 5) is 69.4. The number of nitrogens with zero attached hydrogens (tertiary/aromatic N) is 15. The van der Waals surface area contributed by atoms with Crippen molar-refractivity contribution in [3.63, 3.8) is 0 Å². The smallest absolute Gasteiger partial charge is 0.311 e. The lowest BCUT2D eigenvalue weighted by atomic mass is 9.94. The Hall–Kier alpha value is -7.05. The fraction of sp³-hybridized carbons (Fsp3) is 0.489. The van der Waals surface area contributed by atoms with Crippen molar-refractivity contribution in [1.82, 2.24) is 55.0 Å². The fourth-order valence-corrected chi connectivity index (χ4v) is 9.35. The van der Waals surface area contributed by atoms with Crippen molar-refractivity contribution in [3.8, 4) is 6.07 Å². The van der Waals surface area contributed by atoms with Crippen LogP contribution in [0.15, 0.2) is 58.6 Å². The SMILES string of the molecule is CN1CCN(c2ccc(Nc3nc(N4CCC(CC#N)CC4)nc4c[n+](CN5CCN(c6ccc(Nc7nc(N8CCCCCC8)nc8cn[nH]c(=O)c78)cn6)CC5)[nH]c(=O)c34)cn2)CC1. The topological polar surface area (TPSA) is 227 Å². The number of nitrogens with one attached hydrogen (secondary N) is 4. The van der Waals surface area contributed by atoms with Gasteiger partial charge in [-0.05, 0) is 62.9 Å². The quantitative estimate of drug-likeness (QED) is 0.137. The molecule has 4 aliphatic rings. The maximum Gasteiger partial charge on any atom is 0.311 e. The van der Waals surface area contributed by atoms with Gasteiger partial charge in [-0.15, -0.1) is 5.10 Å². The van der Waals surface area contributed by atoms with E-state index in [2.05, 4.69) is 68.4 Å². The van der Waals surface area contributed by atoms with Crippen molar-refractivity contribution in [2.24, 2.45) is 5.92 Å². The first kappa shape index (κ1) is 42.9. The van der Waals surface area contributed by atoms with Crippen molar-refractivity contribution in [1.29, 1.82) is 5.26 Å². The fourth-order valence-electron chi connectivity index (χ4n) is 9.35. The van der Waals surface area contributed by atoms with Crippen LogP contribution in [0.5, 0.6) is 0 Å². The first-order valence-electron chi connectivity index (χ1n) is 23.2. The summed E-state index contributed by atoms with van der Waals surface area (Å²) in [6.07, 6.45) is 13.9. The summed E-state index contributed by atoms with van der Waals surface area (Å²) in [7, 11) is 2.13. The monoisotopic (exact) mass is 894 g/mol. The highest BCUT2D eigenvalue weighted by Gasteiger charge is 2.27. The highest BCUT2D eigenvalue weighted by molar-refractivity contribution is 5.91. The van der Waals surface area contributed by atoms with E-state index in [0.29, 0.717) is 70.0 Å². The number of likely N-dealkylation sites (N-methyl/N-ethyl adjacent to an activating group) is 1. The van der Waals surface area contributed by atoms with E-state index in [4.69, 9.17) is 29.9 Å². The van der Waals surface area contributed by atoms with E-state index in [0.717, 1.165) is 122 Å². The third-order valence-electron chi connectivity index (χ3n) is 13.2. The molecule has 0 bridgehead atoms. The van der Waals surface area contributed by atoms with Gasteiger partial charge in [-0.2, -0.15) is 20.3 Å². The van der Waals surface area contributed by atoms with Gasteiger partial charge in [0, 0.05) is 85.0 Å². The number of nitriles is 1. The van der Waals surface area contributed by atoms with E-state index in [1.807, 2.05) is 30.5 Å². The Morgan fingerprint density at radius 2 is 1.24 bits per heavy atom. The summed E-state index contributed by atoms with van der Waals surface area (Å²) in [6.45, 7) is 10.5. The second-order valence-electron chi connectivity index (χ2n) is 17.8. The molecule has 0 radical (unpaired) electrons. The van der Waals surface area contributed by atoms with Gasteiger partial charge in [-0.25, -0.2) is 29.9 Å². The van der Waals surface area contributed by atoms with Crippen LogP contribution in [0.1, 0.15) is 44.9 Å². The summed E-state index contributed by atoms with van der Waals surface area (Å²) in [6, 6.07) is 10.2. The van der Waals surface area contributed by atoms with Crippen LogP contribution in [-0.4, -0.2) is 141 Å². The number of piperidine rings is 1. The molecule has 4 N–H and O–H groups in total. The molecule has 6 aromatic rings. The average molecular weight is 895 g/mol. The molecular weight excluding hydrogens is 839 g/mol. The first-order chi connectivity index (χ1) is 32.3. The molecule has 4 saturated heterocycles. The lowest BCUT2D eigenvalue weighted by molar-refractivity contribution is -0.770. The summed E-state index contributed by atoms with van der Waals surface area (Å²) in [5.74, 6) is 4.11. The third kappa shape index (κ3) is 9.51. The number of H-pyrrole nitrogens is 2. The Bertz CT molecular complexity index is 2800. The predicted molar refractivity (Wildman–Crippen MR) is 253 cm³/mol. The maximum absolute atomic E-state index is 14.0. The van der Waals surface area contributed by atoms with Gasteiger partial charge in [0.2, 0.25) is 24.8 Å². The van der Waals surface area contributed by atoms with Crippen LogP contribution < -0.4 is 46.0 Å². The summed E-state index contributed by atoms with van der Waals surface area (Å²) in [5, 5.41) is 26.4. The van der Waals surface area contributed by atoms with Crippen LogP contribution in [-0.2, 0) is 6.67 Å². The molecule has 0 aliphatic carbocycles. The van der Waals surface area contributed by atoms with Gasteiger partial charge in [0.25, 0.3) is 5.56 Å². The van der Waals surface area contributed by atoms with Gasteiger partial charge < -0.3 is 35.1 Å². The number of hydrogen-bond donors (Lipinski definition) is 4. The summed E-state index contributed by atoms with van der Waals surface area (Å²) >= 11 is 0. The second kappa shape index (κ2) is 19.2. The number of anilines is 8. The second-order valence-corrected chi connectivity index (χ2v) is 17.8. The Balaban J connectivity index is 0.826. The standard InChI is InChI=1S/C45H55N19O2/c1-58-18-22-60(23-19-58)36-8-6-33(27-47-36)51-41-39-35(53-45(55-41)63-16-11-31(10-13-46)12-17-63)29-64(57-43(39)66)30-59-20-24-61(25-21-59)37-9-7-32(26-48-37)50-40-38-34(28-49-56-42(38)65)52-44(54-40)62-14-4-2-3-5-15-62/h6-9,26-29,31H,2-5,10-12,14-25,30H2,1H3,(H3-,50,51,52,53,54,55,56,57,65,66)/p+1. The number of aromatic nitrogens is 10. The third-order valence-corrected chi connectivity index (χ3v) is 13.2. The molecule has 0 atom stereocenters. The Morgan fingerprint density at radius 1 is 0.667 bits per heavy atom. The largest absolute Gasteiger partial charge is 0.354 e. The summed E-state index contributed by atoms with van der Waals surface area (Å²) < 4.78 is 1.81. The van der Waals surface area contributed by atoms with Crippen LogP contribution in [0.4, 0.5) is 46.5 Å². The molecule has 6 aromatic heterocycles. The van der Waals surface area contributed by atoms with Gasteiger partial charge in [0.15, 0.2) is 0 Å². The van der Waals surface area contributed by atoms with E-state index in [1.165, 1.54) is 12.8 Å². The van der Waals surface area contributed by atoms with Crippen LogP contribution >= 0.6 is 0 Å². The Labute approximate surface area is 381 Å². The van der Waals surface area contributed by atoms with Crippen LogP contribution in [0, 0.1) is 17.2 Å². The van der Waals surface area contributed by atoms with Gasteiger partial charge in [0.05, 0.1) is 36.0 Å². The number of pyridine rings is 2. The Morgan fingerprint density at radius 3 is 1.83 bits per heavy atom. The molecule has 10 heterocycles. The molecule has 342 valence electrons. The molecule has 0 spiro atoms. The molecule has 0 unspecified atom stereocenters. The van der Waals surface area contributed by atoms with Crippen LogP contribution in [0.25, 0.3) is 21.8 Å². The van der Waals surface area contributed by atoms with Crippen LogP contribution in [0.2, 0.25) is 0 Å².